The van der Waals surface area contributed by atoms with Crippen molar-refractivity contribution < 1.29 is 53.0 Å². The number of rotatable bonds is 27. The molecule has 194 valence electrons. The van der Waals surface area contributed by atoms with Gasteiger partial charge in [-0.25, -0.2) is 0 Å². The Morgan fingerprint density at radius 1 is 0.375 bits per heavy atom. The minimum Gasteiger partial charge on any atom is -0.394 e. The van der Waals surface area contributed by atoms with Crippen LogP contribution in [-0.2, 0) is 33.2 Å². The number of nitrogens with zero attached hydrogens (tertiary/aromatic N) is 1. The van der Waals surface area contributed by atoms with Crippen LogP contribution in [0, 0.1) is 0 Å². The van der Waals surface area contributed by atoms with Gasteiger partial charge in [0, 0.05) is 0 Å². The molecular weight excluding hydrogens is 426 g/mol. The van der Waals surface area contributed by atoms with Crippen molar-refractivity contribution in [3.05, 3.63) is 0 Å². The van der Waals surface area contributed by atoms with Crippen molar-refractivity contribution in [2.45, 2.75) is 0 Å². The van der Waals surface area contributed by atoms with E-state index in [9.17, 15) is 0 Å². The topological polar surface area (TPSA) is 125 Å². The van der Waals surface area contributed by atoms with Crippen LogP contribution in [0.4, 0.5) is 0 Å². The van der Waals surface area contributed by atoms with E-state index in [2.05, 4.69) is 7.05 Å². The van der Waals surface area contributed by atoms with Crippen molar-refractivity contribution >= 4 is 0 Å². The summed E-state index contributed by atoms with van der Waals surface area (Å²) in [6.45, 7) is 9.14. The summed E-state index contributed by atoms with van der Waals surface area (Å²) in [7, 11) is 2.15. The van der Waals surface area contributed by atoms with E-state index in [0.29, 0.717) is 92.5 Å². The zero-order chi connectivity index (χ0) is 23.6. The lowest BCUT2D eigenvalue weighted by Gasteiger charge is -2.34. The molecule has 0 fully saturated rings. The summed E-state index contributed by atoms with van der Waals surface area (Å²) in [5, 5.41) is 26.0. The van der Waals surface area contributed by atoms with Gasteiger partial charge in [-0.1, -0.05) is 0 Å². The average molecular weight is 473 g/mol. The Morgan fingerprint density at radius 3 is 0.844 bits per heavy atom. The van der Waals surface area contributed by atoms with Gasteiger partial charge in [0.25, 0.3) is 0 Å². The lowest BCUT2D eigenvalue weighted by atomic mass is 10.3. The van der Waals surface area contributed by atoms with E-state index < -0.39 is 0 Å². The maximum Gasteiger partial charge on any atom is 0.102 e. The Bertz CT molecular complexity index is 347. The Hall–Kier alpha value is -0.440. The summed E-state index contributed by atoms with van der Waals surface area (Å²) in [5.41, 5.74) is 0. The first-order valence-electron chi connectivity index (χ1n) is 11.4. The van der Waals surface area contributed by atoms with Gasteiger partial charge in [0.15, 0.2) is 0 Å². The van der Waals surface area contributed by atoms with Crippen LogP contribution in [-0.4, -0.2) is 159 Å². The molecule has 0 aromatic rings. The molecule has 0 saturated carbocycles. The van der Waals surface area contributed by atoms with Crippen molar-refractivity contribution in [1.82, 2.24) is 0 Å². The van der Waals surface area contributed by atoms with Crippen LogP contribution in [0.15, 0.2) is 0 Å². The van der Waals surface area contributed by atoms with Gasteiger partial charge >= 0.3 is 0 Å². The molecule has 0 amide bonds. The first-order valence-corrected chi connectivity index (χ1v) is 11.4. The van der Waals surface area contributed by atoms with E-state index in [1.54, 1.807) is 0 Å². The Kier molecular flexibility index (Phi) is 24.8. The van der Waals surface area contributed by atoms with E-state index in [-0.39, 0.29) is 19.8 Å². The maximum atomic E-state index is 8.70. The molecule has 0 atom stereocenters. The zero-order valence-electron chi connectivity index (χ0n) is 19.8. The fourth-order valence-corrected chi connectivity index (χ4v) is 2.57. The third kappa shape index (κ3) is 22.7. The van der Waals surface area contributed by atoms with Gasteiger partial charge in [0.05, 0.1) is 119 Å². The highest BCUT2D eigenvalue weighted by Gasteiger charge is 2.21. The SMILES string of the molecule is C[N+](CCOCCOCCO)(CCOCCOCCO)CCOCCOCCOCCO. The van der Waals surface area contributed by atoms with Gasteiger partial charge in [-0.05, 0) is 0 Å². The monoisotopic (exact) mass is 472 g/mol. The minimum absolute atomic E-state index is 0.0164. The Balaban J connectivity index is 4.01. The fourth-order valence-electron chi connectivity index (χ4n) is 2.57. The molecule has 0 saturated heterocycles. The molecule has 0 aromatic heterocycles. The van der Waals surface area contributed by atoms with Crippen LogP contribution in [0.2, 0.25) is 0 Å². The van der Waals surface area contributed by atoms with Gasteiger partial charge in [-0.3, -0.25) is 0 Å². The number of quaternary nitrogens is 1. The molecule has 0 radical (unpaired) electrons. The maximum absolute atomic E-state index is 8.70. The third-order valence-electron chi connectivity index (χ3n) is 4.52. The molecule has 11 nitrogen and oxygen atoms in total. The lowest BCUT2D eigenvalue weighted by molar-refractivity contribution is -0.910. The number of hydrogen-bond acceptors (Lipinski definition) is 10. The molecule has 0 aliphatic heterocycles. The molecule has 0 unspecified atom stereocenters. The highest BCUT2D eigenvalue weighted by molar-refractivity contribution is 4.44. The van der Waals surface area contributed by atoms with Gasteiger partial charge in [-0.2, -0.15) is 0 Å². The van der Waals surface area contributed by atoms with E-state index in [1.807, 2.05) is 0 Å². The second kappa shape index (κ2) is 25.2. The average Bonchev–Trinajstić information content (AvgIpc) is 2.79. The van der Waals surface area contributed by atoms with Gasteiger partial charge in [-0.15, -0.1) is 0 Å². The van der Waals surface area contributed by atoms with Crippen LogP contribution in [0.3, 0.4) is 0 Å². The molecule has 0 spiro atoms. The highest BCUT2D eigenvalue weighted by Crippen LogP contribution is 2.03. The molecular formula is C21H46NO10+. The summed E-state index contributed by atoms with van der Waals surface area (Å²) in [5.74, 6) is 0. The lowest BCUT2D eigenvalue weighted by Crippen LogP contribution is -2.50. The van der Waals surface area contributed by atoms with Gasteiger partial charge < -0.3 is 53.0 Å². The predicted molar refractivity (Wildman–Crippen MR) is 118 cm³/mol. The molecule has 0 heterocycles. The molecule has 0 aromatic carbocycles. The standard InChI is InChI=1S/C21H46NO10/c1-22(2-8-26-14-17-29-11-5-23,3-9-27-15-18-30-12-6-24)4-10-28-16-20-32-21-19-31-13-7-25/h23-25H,2-21H2,1H3/q+1. The molecule has 0 bridgehead atoms. The largest absolute Gasteiger partial charge is 0.394 e. The smallest absolute Gasteiger partial charge is 0.102 e. The van der Waals surface area contributed by atoms with Crippen LogP contribution in [0.1, 0.15) is 0 Å². The summed E-state index contributed by atoms with van der Waals surface area (Å²) in [6, 6.07) is 0. The Morgan fingerprint density at radius 2 is 0.594 bits per heavy atom. The number of aliphatic hydroxyl groups is 3. The van der Waals surface area contributed by atoms with Crippen molar-refractivity contribution in [1.29, 1.82) is 0 Å². The highest BCUT2D eigenvalue weighted by atomic mass is 16.5. The van der Waals surface area contributed by atoms with Crippen molar-refractivity contribution in [2.24, 2.45) is 0 Å². The fraction of sp³-hybridized carbons (Fsp3) is 1.00. The predicted octanol–water partition coefficient (Wildman–Crippen LogP) is -1.47. The van der Waals surface area contributed by atoms with Crippen LogP contribution < -0.4 is 0 Å². The van der Waals surface area contributed by atoms with Crippen LogP contribution >= 0.6 is 0 Å². The summed E-state index contributed by atoms with van der Waals surface area (Å²) >= 11 is 0. The molecule has 3 N–H and O–H groups in total. The minimum atomic E-state index is 0.0164. The number of likely N-dealkylation sites (N-methyl/N-ethyl adjacent to an activating group) is 1. The number of ether oxygens (including phenoxy) is 7. The molecule has 0 rings (SSSR count). The quantitative estimate of drug-likeness (QED) is 0.0963. The van der Waals surface area contributed by atoms with E-state index >= 15 is 0 Å². The molecule has 0 aliphatic carbocycles. The second-order valence-corrected chi connectivity index (χ2v) is 7.25. The normalized spacial score (nSPS) is 12.0. The first kappa shape index (κ1) is 31.6. The zero-order valence-corrected chi connectivity index (χ0v) is 19.8. The third-order valence-corrected chi connectivity index (χ3v) is 4.52. The number of hydrogen-bond donors (Lipinski definition) is 3. The summed E-state index contributed by atoms with van der Waals surface area (Å²) in [6.07, 6.45) is 0. The van der Waals surface area contributed by atoms with E-state index in [4.69, 9.17) is 48.5 Å². The summed E-state index contributed by atoms with van der Waals surface area (Å²) in [4.78, 5) is 0. The van der Waals surface area contributed by atoms with E-state index in [1.165, 1.54) is 0 Å². The summed E-state index contributed by atoms with van der Waals surface area (Å²) < 4.78 is 38.7. The van der Waals surface area contributed by atoms with Gasteiger partial charge in [0.2, 0.25) is 0 Å². The van der Waals surface area contributed by atoms with E-state index in [0.717, 1.165) is 24.1 Å². The van der Waals surface area contributed by atoms with Crippen LogP contribution in [0.25, 0.3) is 0 Å². The molecule has 0 aliphatic rings. The van der Waals surface area contributed by atoms with Crippen LogP contribution in [0.5, 0.6) is 0 Å². The number of aliphatic hydroxyl groups excluding tert-OH is 3. The Labute approximate surface area is 192 Å². The van der Waals surface area contributed by atoms with Crippen molar-refractivity contribution in [3.8, 4) is 0 Å². The first-order chi connectivity index (χ1) is 15.7. The molecule has 32 heavy (non-hydrogen) atoms. The van der Waals surface area contributed by atoms with Crippen molar-refractivity contribution in [2.75, 3.05) is 139 Å². The van der Waals surface area contributed by atoms with Crippen molar-refractivity contribution in [3.63, 3.8) is 0 Å². The second-order valence-electron chi connectivity index (χ2n) is 7.25. The molecule has 11 heteroatoms. The van der Waals surface area contributed by atoms with Gasteiger partial charge in [0.1, 0.15) is 19.6 Å².